The molecule has 8 saturated carbocycles. The highest BCUT2D eigenvalue weighted by Gasteiger charge is 2.50. The molecule has 8 aliphatic rings. The van der Waals surface area contributed by atoms with Crippen LogP contribution in [0.25, 0.3) is 0 Å². The summed E-state index contributed by atoms with van der Waals surface area (Å²) < 4.78 is 0. The molecule has 0 aromatic heterocycles. The molecule has 0 N–H and O–H groups in total. The first-order valence-corrected chi connectivity index (χ1v) is 11.9. The first kappa shape index (κ1) is 15.2. The van der Waals surface area contributed by atoms with Crippen LogP contribution >= 0.6 is 0 Å². The molecule has 0 heterocycles. The van der Waals surface area contributed by atoms with Crippen LogP contribution in [-0.4, -0.2) is 0 Å². The van der Waals surface area contributed by atoms with Crippen molar-refractivity contribution in [1.29, 1.82) is 0 Å². The van der Waals surface area contributed by atoms with Gasteiger partial charge in [-0.1, -0.05) is 24.3 Å². The predicted octanol–water partition coefficient (Wildman–Crippen LogP) is 6.77. The molecule has 0 radical (unpaired) electrons. The number of hydrogen-bond donors (Lipinski definition) is 0. The molecule has 0 aliphatic heterocycles. The Balaban J connectivity index is 1.16. The maximum absolute atomic E-state index is 2.59. The van der Waals surface area contributed by atoms with E-state index in [4.69, 9.17) is 0 Å². The van der Waals surface area contributed by atoms with E-state index in [-0.39, 0.29) is 0 Å². The van der Waals surface area contributed by atoms with Crippen LogP contribution in [0.4, 0.5) is 0 Å². The van der Waals surface area contributed by atoms with E-state index in [2.05, 4.69) is 24.3 Å². The van der Waals surface area contributed by atoms with Crippen molar-refractivity contribution in [2.45, 2.75) is 76.0 Å². The van der Waals surface area contributed by atoms with E-state index in [1.807, 2.05) is 0 Å². The molecule has 26 heavy (non-hydrogen) atoms. The van der Waals surface area contributed by atoms with Crippen LogP contribution in [0.5, 0.6) is 0 Å². The van der Waals surface area contributed by atoms with Crippen LogP contribution < -0.4 is 0 Å². The van der Waals surface area contributed by atoms with Gasteiger partial charge in [-0.2, -0.15) is 0 Å². The van der Waals surface area contributed by atoms with Crippen LogP contribution in [0.15, 0.2) is 24.3 Å². The van der Waals surface area contributed by atoms with Crippen LogP contribution in [-0.2, 0) is 0 Å². The molecule has 0 amide bonds. The molecule has 8 bridgehead atoms. The van der Waals surface area contributed by atoms with Gasteiger partial charge in [-0.3, -0.25) is 0 Å². The Morgan fingerprint density at radius 3 is 0.923 bits per heavy atom. The predicted molar refractivity (Wildman–Crippen MR) is 106 cm³/mol. The molecule has 138 valence electrons. The summed E-state index contributed by atoms with van der Waals surface area (Å²) in [7, 11) is 0. The molecule has 1 aromatic rings. The molecular formula is C26H34. The Labute approximate surface area is 159 Å². The fraction of sp³-hybridized carbons (Fsp3) is 0.769. The summed E-state index contributed by atoms with van der Waals surface area (Å²) in [6, 6.07) is 10.4. The molecular weight excluding hydrogens is 312 g/mol. The Hall–Kier alpha value is -0.780. The molecule has 0 nitrogen and oxygen atoms in total. The molecule has 8 aliphatic carbocycles. The van der Waals surface area contributed by atoms with Gasteiger partial charge in [0.2, 0.25) is 0 Å². The molecule has 8 fully saturated rings. The van der Waals surface area contributed by atoms with Gasteiger partial charge in [0.15, 0.2) is 0 Å². The molecule has 0 unspecified atom stereocenters. The van der Waals surface area contributed by atoms with Crippen molar-refractivity contribution >= 4 is 0 Å². The van der Waals surface area contributed by atoms with E-state index in [9.17, 15) is 0 Å². The van der Waals surface area contributed by atoms with Crippen molar-refractivity contribution in [1.82, 2.24) is 0 Å². The minimum atomic E-state index is 0.912. The zero-order valence-electron chi connectivity index (χ0n) is 16.2. The maximum atomic E-state index is 2.59. The third-order valence-corrected chi connectivity index (χ3v) is 10.2. The highest BCUT2D eigenvalue weighted by atomic mass is 14.5. The normalized spacial score (nSPS) is 53.4. The van der Waals surface area contributed by atoms with Gasteiger partial charge in [0.25, 0.3) is 0 Å². The summed E-state index contributed by atoms with van der Waals surface area (Å²) >= 11 is 0. The number of benzene rings is 1. The molecule has 1 aromatic carbocycles. The third-order valence-electron chi connectivity index (χ3n) is 10.2. The van der Waals surface area contributed by atoms with E-state index in [0.29, 0.717) is 0 Å². The Morgan fingerprint density at radius 1 is 0.385 bits per heavy atom. The number of hydrogen-bond acceptors (Lipinski definition) is 0. The lowest BCUT2D eigenvalue weighted by atomic mass is 9.50. The summed E-state index contributed by atoms with van der Waals surface area (Å²) in [6.45, 7) is 0. The van der Waals surface area contributed by atoms with E-state index < -0.39 is 0 Å². The fourth-order valence-electron chi connectivity index (χ4n) is 9.88. The van der Waals surface area contributed by atoms with Gasteiger partial charge in [0, 0.05) is 0 Å². The lowest BCUT2D eigenvalue weighted by Gasteiger charge is -2.55. The average molecular weight is 347 g/mol. The topological polar surface area (TPSA) is 0 Å². The van der Waals surface area contributed by atoms with E-state index in [1.54, 1.807) is 75.3 Å². The highest BCUT2D eigenvalue weighted by molar-refractivity contribution is 5.32. The van der Waals surface area contributed by atoms with Crippen LogP contribution in [0.1, 0.15) is 87.2 Å². The van der Waals surface area contributed by atoms with Crippen molar-refractivity contribution < 1.29 is 0 Å². The quantitative estimate of drug-likeness (QED) is 0.554. The van der Waals surface area contributed by atoms with Crippen LogP contribution in [0.3, 0.4) is 0 Å². The molecule has 0 atom stereocenters. The van der Waals surface area contributed by atoms with Gasteiger partial charge >= 0.3 is 0 Å². The standard InChI is InChI=1S/C26H34/c1-2-20(26-23-11-17-6-18(13-23)14-24(26)12-17)4-3-19(1)25-21-7-15-5-16(9-21)10-22(25)8-15/h1-4,15-18,21-26H,5-14H2. The summed E-state index contributed by atoms with van der Waals surface area (Å²) in [4.78, 5) is 0. The smallest absolute Gasteiger partial charge is 0.0105 e. The minimum Gasteiger partial charge on any atom is -0.0585 e. The highest BCUT2D eigenvalue weighted by Crippen LogP contribution is 2.61. The second-order valence-corrected chi connectivity index (χ2v) is 11.6. The largest absolute Gasteiger partial charge is 0.0585 e. The van der Waals surface area contributed by atoms with Gasteiger partial charge in [0.1, 0.15) is 0 Å². The summed E-state index contributed by atoms with van der Waals surface area (Å²) in [6.07, 6.45) is 15.6. The van der Waals surface area contributed by atoms with Crippen molar-refractivity contribution in [3.8, 4) is 0 Å². The Kier molecular flexibility index (Phi) is 3.15. The lowest BCUT2D eigenvalue weighted by Crippen LogP contribution is -2.44. The third kappa shape index (κ3) is 2.14. The van der Waals surface area contributed by atoms with E-state index in [1.165, 1.54) is 0 Å². The van der Waals surface area contributed by atoms with Gasteiger partial charge in [-0.15, -0.1) is 0 Å². The SMILES string of the molecule is c1cc(C2C3CC4CC(C3)CC2C4)ccc1C1C2CC3CC(C2)CC1C3. The second kappa shape index (κ2) is 5.39. The molecule has 0 spiro atoms. The fourth-order valence-corrected chi connectivity index (χ4v) is 9.88. The summed E-state index contributed by atoms with van der Waals surface area (Å²) in [5.74, 6) is 10.3. The first-order valence-electron chi connectivity index (χ1n) is 11.9. The van der Waals surface area contributed by atoms with Crippen molar-refractivity contribution in [3.05, 3.63) is 35.4 Å². The van der Waals surface area contributed by atoms with Gasteiger partial charge < -0.3 is 0 Å². The van der Waals surface area contributed by atoms with Crippen molar-refractivity contribution in [2.24, 2.45) is 47.3 Å². The second-order valence-electron chi connectivity index (χ2n) is 11.6. The molecule has 0 saturated heterocycles. The summed E-state index contributed by atoms with van der Waals surface area (Å²) in [5, 5.41) is 0. The van der Waals surface area contributed by atoms with Gasteiger partial charge in [0.05, 0.1) is 0 Å². The zero-order valence-corrected chi connectivity index (χ0v) is 16.2. The van der Waals surface area contributed by atoms with Gasteiger partial charge in [-0.05, 0) is 135 Å². The van der Waals surface area contributed by atoms with Crippen molar-refractivity contribution in [2.75, 3.05) is 0 Å². The number of rotatable bonds is 2. The first-order chi connectivity index (χ1) is 12.8. The maximum Gasteiger partial charge on any atom is -0.0105 e. The van der Waals surface area contributed by atoms with Crippen LogP contribution in [0, 0.1) is 47.3 Å². The molecule has 9 rings (SSSR count). The Morgan fingerprint density at radius 2 is 0.654 bits per heavy atom. The summed E-state index contributed by atoms with van der Waals surface area (Å²) in [5.41, 5.74) is 3.43. The van der Waals surface area contributed by atoms with Crippen molar-refractivity contribution in [3.63, 3.8) is 0 Å². The zero-order chi connectivity index (χ0) is 16.8. The lowest BCUT2D eigenvalue weighted by molar-refractivity contribution is -0.00393. The Bertz CT molecular complexity index is 580. The van der Waals surface area contributed by atoms with E-state index in [0.717, 1.165) is 59.2 Å². The van der Waals surface area contributed by atoms with Gasteiger partial charge in [-0.25, -0.2) is 0 Å². The monoisotopic (exact) mass is 346 g/mol. The minimum absolute atomic E-state index is 0.912. The average Bonchev–Trinajstić information content (AvgIpc) is 2.61. The molecule has 0 heteroatoms. The van der Waals surface area contributed by atoms with Crippen LogP contribution in [0.2, 0.25) is 0 Å². The van der Waals surface area contributed by atoms with E-state index >= 15 is 0 Å².